The maximum Gasteiger partial charge on any atom is 0.273 e. The third-order valence-corrected chi connectivity index (χ3v) is 3.16. The molecule has 1 unspecified atom stereocenters. The van der Waals surface area contributed by atoms with Gasteiger partial charge in [0, 0.05) is 17.0 Å². The monoisotopic (exact) mass is 273 g/mol. The molecule has 1 aromatic rings. The van der Waals surface area contributed by atoms with Gasteiger partial charge in [0.05, 0.1) is 12.0 Å². The molecule has 82 valence electrons. The van der Waals surface area contributed by atoms with Gasteiger partial charge in [-0.25, -0.2) is 0 Å². The molecule has 0 fully saturated rings. The molecule has 1 rings (SSSR count). The van der Waals surface area contributed by atoms with Gasteiger partial charge < -0.3 is 4.74 Å². The largest absolute Gasteiger partial charge is 0.497 e. The average molecular weight is 274 g/mol. The Hall–Kier alpha value is -1.10. The molecule has 1 aromatic carbocycles. The second kappa shape index (κ2) is 5.11. The molecule has 0 bridgehead atoms. The van der Waals surface area contributed by atoms with E-state index in [1.165, 1.54) is 6.07 Å². The minimum absolute atomic E-state index is 0.0838. The summed E-state index contributed by atoms with van der Waals surface area (Å²) < 4.78 is 5.05. The normalized spacial score (nSPS) is 12.2. The van der Waals surface area contributed by atoms with Gasteiger partial charge in [-0.05, 0) is 18.1 Å². The maximum absolute atomic E-state index is 10.8. The Morgan fingerprint density at radius 2 is 2.27 bits per heavy atom. The third-order valence-electron chi connectivity index (χ3n) is 2.19. The number of nitrogens with zero attached hydrogens (tertiary/aromatic N) is 1. The van der Waals surface area contributed by atoms with Gasteiger partial charge in [-0.3, -0.25) is 10.1 Å². The van der Waals surface area contributed by atoms with E-state index in [0.717, 1.165) is 0 Å². The Bertz CT molecular complexity index is 368. The van der Waals surface area contributed by atoms with Gasteiger partial charge in [-0.15, -0.1) is 0 Å². The Labute approximate surface area is 96.5 Å². The van der Waals surface area contributed by atoms with Crippen molar-refractivity contribution in [2.45, 2.75) is 12.8 Å². The third kappa shape index (κ3) is 2.68. The summed E-state index contributed by atoms with van der Waals surface area (Å²) in [7, 11) is 1.55. The molecule has 0 N–H and O–H groups in total. The lowest BCUT2D eigenvalue weighted by atomic mass is 10.0. The van der Waals surface area contributed by atoms with Gasteiger partial charge in [0.15, 0.2) is 0 Å². The van der Waals surface area contributed by atoms with Gasteiger partial charge in [-0.1, -0.05) is 22.9 Å². The quantitative estimate of drug-likeness (QED) is 0.481. The van der Waals surface area contributed by atoms with Crippen molar-refractivity contribution in [3.8, 4) is 5.75 Å². The Morgan fingerprint density at radius 1 is 1.60 bits per heavy atom. The van der Waals surface area contributed by atoms with Gasteiger partial charge in [-0.2, -0.15) is 0 Å². The number of alkyl halides is 1. The lowest BCUT2D eigenvalue weighted by molar-refractivity contribution is -0.385. The fraction of sp³-hybridized carbons (Fsp3) is 0.400. The van der Waals surface area contributed by atoms with E-state index in [4.69, 9.17) is 4.74 Å². The molecule has 4 nitrogen and oxygen atoms in total. The summed E-state index contributed by atoms with van der Waals surface area (Å²) in [4.78, 5) is 10.4. The minimum atomic E-state index is -0.367. The van der Waals surface area contributed by atoms with Crippen LogP contribution in [0, 0.1) is 10.1 Å². The number of benzene rings is 1. The second-order valence-electron chi connectivity index (χ2n) is 3.24. The molecule has 0 heterocycles. The van der Waals surface area contributed by atoms with E-state index in [9.17, 15) is 10.1 Å². The van der Waals surface area contributed by atoms with Crippen LogP contribution in [0.25, 0.3) is 0 Å². The van der Waals surface area contributed by atoms with E-state index in [1.54, 1.807) is 19.2 Å². The zero-order chi connectivity index (χ0) is 11.4. The van der Waals surface area contributed by atoms with Crippen molar-refractivity contribution < 1.29 is 9.66 Å². The molecular formula is C10H12BrNO3. The van der Waals surface area contributed by atoms with Crippen molar-refractivity contribution in [1.29, 1.82) is 0 Å². The SMILES string of the molecule is COc1ccc([N+](=O)[O-])c(C(C)CBr)c1. The van der Waals surface area contributed by atoms with Crippen molar-refractivity contribution in [1.82, 2.24) is 0 Å². The smallest absolute Gasteiger partial charge is 0.273 e. The number of methoxy groups -OCH3 is 1. The molecule has 1 atom stereocenters. The van der Waals surface area contributed by atoms with Crippen LogP contribution in [0.5, 0.6) is 5.75 Å². The van der Waals surface area contributed by atoms with Crippen LogP contribution in [0.15, 0.2) is 18.2 Å². The number of nitro benzene ring substituents is 1. The first-order valence-corrected chi connectivity index (χ1v) is 5.60. The molecule has 0 saturated heterocycles. The Kier molecular flexibility index (Phi) is 4.08. The molecule has 0 radical (unpaired) electrons. The van der Waals surface area contributed by atoms with E-state index in [2.05, 4.69) is 15.9 Å². The first-order valence-electron chi connectivity index (χ1n) is 4.48. The summed E-state index contributed by atoms with van der Waals surface area (Å²) in [5.74, 6) is 0.726. The van der Waals surface area contributed by atoms with E-state index >= 15 is 0 Å². The van der Waals surface area contributed by atoms with Crippen molar-refractivity contribution in [2.75, 3.05) is 12.4 Å². The lowest BCUT2D eigenvalue weighted by Crippen LogP contribution is -2.01. The highest BCUT2D eigenvalue weighted by Gasteiger charge is 2.18. The first kappa shape index (κ1) is 12.0. The molecule has 0 spiro atoms. The number of nitro groups is 1. The van der Waals surface area contributed by atoms with Gasteiger partial charge >= 0.3 is 0 Å². The number of hydrogen-bond acceptors (Lipinski definition) is 3. The van der Waals surface area contributed by atoms with Crippen molar-refractivity contribution in [3.05, 3.63) is 33.9 Å². The van der Waals surface area contributed by atoms with Crippen LogP contribution >= 0.6 is 15.9 Å². The lowest BCUT2D eigenvalue weighted by Gasteiger charge is -2.10. The molecule has 0 aliphatic carbocycles. The summed E-state index contributed by atoms with van der Waals surface area (Å²) in [5.41, 5.74) is 0.832. The van der Waals surface area contributed by atoms with Crippen molar-refractivity contribution in [2.24, 2.45) is 0 Å². The fourth-order valence-corrected chi connectivity index (χ4v) is 1.65. The van der Waals surface area contributed by atoms with E-state index < -0.39 is 0 Å². The van der Waals surface area contributed by atoms with Crippen LogP contribution in [-0.2, 0) is 0 Å². The molecular weight excluding hydrogens is 262 g/mol. The summed E-state index contributed by atoms with van der Waals surface area (Å²) >= 11 is 3.32. The van der Waals surface area contributed by atoms with Crippen LogP contribution in [-0.4, -0.2) is 17.4 Å². The molecule has 0 aromatic heterocycles. The van der Waals surface area contributed by atoms with Gasteiger partial charge in [0.2, 0.25) is 0 Å². The summed E-state index contributed by atoms with van der Waals surface area (Å²) in [6.07, 6.45) is 0. The van der Waals surface area contributed by atoms with Crippen LogP contribution in [0.4, 0.5) is 5.69 Å². The minimum Gasteiger partial charge on any atom is -0.497 e. The first-order chi connectivity index (χ1) is 7.10. The van der Waals surface area contributed by atoms with E-state index in [0.29, 0.717) is 16.6 Å². The molecule has 15 heavy (non-hydrogen) atoms. The fourth-order valence-electron chi connectivity index (χ4n) is 1.30. The number of hydrogen-bond donors (Lipinski definition) is 0. The van der Waals surface area contributed by atoms with E-state index in [1.807, 2.05) is 6.92 Å². The predicted octanol–water partition coefficient (Wildman–Crippen LogP) is 3.10. The number of halogens is 1. The topological polar surface area (TPSA) is 52.4 Å². The van der Waals surface area contributed by atoms with Crippen LogP contribution in [0.2, 0.25) is 0 Å². The van der Waals surface area contributed by atoms with Crippen molar-refractivity contribution >= 4 is 21.6 Å². The molecule has 0 saturated carbocycles. The van der Waals surface area contributed by atoms with Crippen LogP contribution < -0.4 is 4.74 Å². The van der Waals surface area contributed by atoms with Crippen molar-refractivity contribution in [3.63, 3.8) is 0 Å². The highest BCUT2D eigenvalue weighted by atomic mass is 79.9. The summed E-state index contributed by atoms with van der Waals surface area (Å²) in [6.45, 7) is 1.93. The standard InChI is InChI=1S/C10H12BrNO3/c1-7(6-11)9-5-8(15-2)3-4-10(9)12(13)14/h3-5,7H,6H2,1-2H3. The van der Waals surface area contributed by atoms with Gasteiger partial charge in [0.1, 0.15) is 5.75 Å². The maximum atomic E-state index is 10.8. The number of ether oxygens (including phenoxy) is 1. The Balaban J connectivity index is 3.22. The van der Waals surface area contributed by atoms with Gasteiger partial charge in [0.25, 0.3) is 5.69 Å². The van der Waals surface area contributed by atoms with Crippen LogP contribution in [0.1, 0.15) is 18.4 Å². The molecule has 0 amide bonds. The molecule has 5 heteroatoms. The highest BCUT2D eigenvalue weighted by molar-refractivity contribution is 9.09. The predicted molar refractivity (Wildman–Crippen MR) is 61.9 cm³/mol. The average Bonchev–Trinajstić information content (AvgIpc) is 2.26. The highest BCUT2D eigenvalue weighted by Crippen LogP contribution is 2.31. The molecule has 0 aliphatic heterocycles. The summed E-state index contributed by atoms with van der Waals surface area (Å²) in [6, 6.07) is 4.79. The number of rotatable bonds is 4. The zero-order valence-electron chi connectivity index (χ0n) is 8.57. The van der Waals surface area contributed by atoms with Crippen LogP contribution in [0.3, 0.4) is 0 Å². The molecule has 0 aliphatic rings. The second-order valence-corrected chi connectivity index (χ2v) is 3.88. The van der Waals surface area contributed by atoms with E-state index in [-0.39, 0.29) is 16.5 Å². The summed E-state index contributed by atoms with van der Waals surface area (Å²) in [5, 5.41) is 11.5. The Morgan fingerprint density at radius 3 is 2.73 bits per heavy atom. The zero-order valence-corrected chi connectivity index (χ0v) is 10.2.